The first-order valence-electron chi connectivity index (χ1n) is 9.18. The normalized spacial score (nSPS) is 11.7. The summed E-state index contributed by atoms with van der Waals surface area (Å²) in [7, 11) is -2.04. The monoisotopic (exact) mass is 438 g/mol. The number of nitrogens with zero attached hydrogens (tertiary/aromatic N) is 3. The molecule has 0 fully saturated rings. The molecule has 156 valence electrons. The molecular weight excluding hydrogens is 416 g/mol. The predicted octanol–water partition coefficient (Wildman–Crippen LogP) is 3.33. The fourth-order valence-corrected chi connectivity index (χ4v) is 4.26. The molecule has 0 radical (unpaired) electrons. The van der Waals surface area contributed by atoms with Crippen LogP contribution in [0.4, 0.5) is 4.79 Å². The van der Waals surface area contributed by atoms with Crippen LogP contribution in [0, 0.1) is 6.92 Å². The molecule has 1 aromatic carbocycles. The second-order valence-electron chi connectivity index (χ2n) is 6.71. The average molecular weight is 439 g/mol. The smallest absolute Gasteiger partial charge is 0.420 e. The van der Waals surface area contributed by atoms with Crippen molar-refractivity contribution in [3.63, 3.8) is 0 Å². The fourth-order valence-electron chi connectivity index (χ4n) is 3.21. The Labute approximate surface area is 174 Å². The molecule has 0 aliphatic rings. The molecule has 2 aromatic heterocycles. The van der Waals surface area contributed by atoms with Crippen molar-refractivity contribution in [1.29, 1.82) is 0 Å². The molecule has 0 spiro atoms. The molecule has 0 saturated carbocycles. The predicted molar refractivity (Wildman–Crippen MR) is 112 cm³/mol. The van der Waals surface area contributed by atoms with Crippen molar-refractivity contribution in [2.45, 2.75) is 26.7 Å². The van der Waals surface area contributed by atoms with Crippen molar-refractivity contribution >= 4 is 38.6 Å². The van der Waals surface area contributed by atoms with Crippen LogP contribution in [0.2, 0.25) is 5.02 Å². The fraction of sp³-hybridized carbons (Fsp3) is 0.368. The van der Waals surface area contributed by atoms with Gasteiger partial charge in [-0.05, 0) is 38.0 Å². The Morgan fingerprint density at radius 3 is 2.79 bits per heavy atom. The summed E-state index contributed by atoms with van der Waals surface area (Å²) in [4.78, 5) is 11.6. The van der Waals surface area contributed by atoms with E-state index in [1.165, 1.54) is 0 Å². The number of aromatic nitrogens is 3. The molecule has 0 atom stereocenters. The van der Waals surface area contributed by atoms with Crippen molar-refractivity contribution < 1.29 is 17.9 Å². The third kappa shape index (κ3) is 4.73. The van der Waals surface area contributed by atoms with E-state index in [1.807, 2.05) is 53.6 Å². The SMILES string of the molecule is CCCOC(=O)NS(=O)(=O)CCc1c(C)nn(C)c1-n1ccc2ccc(Cl)cc21. The molecule has 29 heavy (non-hydrogen) atoms. The molecule has 0 aliphatic heterocycles. The van der Waals surface area contributed by atoms with Crippen LogP contribution < -0.4 is 4.72 Å². The number of nitrogens with one attached hydrogen (secondary N) is 1. The van der Waals surface area contributed by atoms with Crippen molar-refractivity contribution in [1.82, 2.24) is 19.1 Å². The van der Waals surface area contributed by atoms with Gasteiger partial charge < -0.3 is 9.30 Å². The summed E-state index contributed by atoms with van der Waals surface area (Å²) in [6, 6.07) is 7.55. The van der Waals surface area contributed by atoms with Crippen LogP contribution in [0.5, 0.6) is 0 Å². The summed E-state index contributed by atoms with van der Waals surface area (Å²) < 4.78 is 34.9. The van der Waals surface area contributed by atoms with Gasteiger partial charge in [-0.15, -0.1) is 0 Å². The molecule has 1 N–H and O–H groups in total. The number of aryl methyl sites for hydroxylation is 2. The van der Waals surface area contributed by atoms with E-state index in [-0.39, 0.29) is 18.8 Å². The molecular formula is C19H23ClN4O4S. The summed E-state index contributed by atoms with van der Waals surface area (Å²) in [6.07, 6.45) is 1.74. The lowest BCUT2D eigenvalue weighted by molar-refractivity contribution is 0.152. The first-order chi connectivity index (χ1) is 13.7. The third-order valence-corrected chi connectivity index (χ3v) is 5.95. The van der Waals surface area contributed by atoms with Gasteiger partial charge in [0, 0.05) is 29.2 Å². The van der Waals surface area contributed by atoms with Crippen LogP contribution in [0.25, 0.3) is 16.7 Å². The first-order valence-corrected chi connectivity index (χ1v) is 11.2. The lowest BCUT2D eigenvalue weighted by Crippen LogP contribution is -2.33. The quantitative estimate of drug-likeness (QED) is 0.610. The van der Waals surface area contributed by atoms with E-state index in [2.05, 4.69) is 5.10 Å². The Morgan fingerprint density at radius 1 is 1.31 bits per heavy atom. The zero-order valence-electron chi connectivity index (χ0n) is 16.5. The Balaban J connectivity index is 1.88. The Kier molecular flexibility index (Phi) is 6.18. The van der Waals surface area contributed by atoms with E-state index in [9.17, 15) is 13.2 Å². The highest BCUT2D eigenvalue weighted by Crippen LogP contribution is 2.27. The minimum atomic E-state index is -3.84. The number of amides is 1. The Hall–Kier alpha value is -2.52. The number of carbonyl (C=O) groups excluding carboxylic acids is 1. The van der Waals surface area contributed by atoms with E-state index >= 15 is 0 Å². The van der Waals surface area contributed by atoms with Gasteiger partial charge in [0.25, 0.3) is 0 Å². The highest BCUT2D eigenvalue weighted by Gasteiger charge is 2.21. The zero-order chi connectivity index (χ0) is 21.2. The van der Waals surface area contributed by atoms with Gasteiger partial charge in [-0.3, -0.25) is 4.68 Å². The van der Waals surface area contributed by atoms with E-state index in [0.29, 0.717) is 11.4 Å². The molecule has 3 aromatic rings. The number of halogens is 1. The highest BCUT2D eigenvalue weighted by atomic mass is 35.5. The second-order valence-corrected chi connectivity index (χ2v) is 8.99. The van der Waals surface area contributed by atoms with Gasteiger partial charge in [0.1, 0.15) is 5.82 Å². The lowest BCUT2D eigenvalue weighted by atomic mass is 10.2. The third-order valence-electron chi connectivity index (χ3n) is 4.49. The standard InChI is InChI=1S/C19H23ClN4O4S/c1-4-10-28-19(25)22-29(26,27)11-8-16-13(2)21-23(3)18(16)24-9-7-14-5-6-15(20)12-17(14)24/h5-7,9,12H,4,8,10-11H2,1-3H3,(H,22,25). The summed E-state index contributed by atoms with van der Waals surface area (Å²) >= 11 is 6.16. The van der Waals surface area contributed by atoms with Gasteiger partial charge in [0.15, 0.2) is 0 Å². The van der Waals surface area contributed by atoms with Crippen molar-refractivity contribution in [3.8, 4) is 5.82 Å². The van der Waals surface area contributed by atoms with Gasteiger partial charge in [0.2, 0.25) is 10.0 Å². The van der Waals surface area contributed by atoms with E-state index in [4.69, 9.17) is 16.3 Å². The number of fused-ring (bicyclic) bond motifs is 1. The second kappa shape index (κ2) is 8.46. The van der Waals surface area contributed by atoms with Crippen LogP contribution in [-0.4, -0.2) is 41.2 Å². The molecule has 0 aliphatic carbocycles. The van der Waals surface area contributed by atoms with Gasteiger partial charge in [0.05, 0.1) is 23.6 Å². The molecule has 0 unspecified atom stereocenters. The summed E-state index contributed by atoms with van der Waals surface area (Å²) in [5.41, 5.74) is 2.39. The Morgan fingerprint density at radius 2 is 2.07 bits per heavy atom. The van der Waals surface area contributed by atoms with Crippen LogP contribution in [0.1, 0.15) is 24.6 Å². The zero-order valence-corrected chi connectivity index (χ0v) is 18.0. The Bertz CT molecular complexity index is 1150. The largest absolute Gasteiger partial charge is 0.449 e. The first kappa shape index (κ1) is 21.2. The number of hydrogen-bond donors (Lipinski definition) is 1. The van der Waals surface area contributed by atoms with Crippen LogP contribution in [0.3, 0.4) is 0 Å². The van der Waals surface area contributed by atoms with Crippen molar-refractivity contribution in [2.75, 3.05) is 12.4 Å². The van der Waals surface area contributed by atoms with Crippen LogP contribution in [-0.2, 0) is 28.2 Å². The van der Waals surface area contributed by atoms with E-state index < -0.39 is 16.1 Å². The number of rotatable bonds is 7. The highest BCUT2D eigenvalue weighted by molar-refractivity contribution is 7.90. The number of carbonyl (C=O) groups is 1. The summed E-state index contributed by atoms with van der Waals surface area (Å²) in [5.74, 6) is 0.483. The molecule has 2 heterocycles. The molecule has 10 heteroatoms. The minimum Gasteiger partial charge on any atom is -0.449 e. The average Bonchev–Trinajstić information content (AvgIpc) is 3.17. The molecule has 3 rings (SSSR count). The topological polar surface area (TPSA) is 95.2 Å². The summed E-state index contributed by atoms with van der Waals surface area (Å²) in [6.45, 7) is 3.82. The number of hydrogen-bond acceptors (Lipinski definition) is 5. The van der Waals surface area contributed by atoms with Gasteiger partial charge in [-0.1, -0.05) is 24.6 Å². The lowest BCUT2D eigenvalue weighted by Gasteiger charge is -2.11. The maximum atomic E-state index is 12.3. The maximum absolute atomic E-state index is 12.3. The number of ether oxygens (including phenoxy) is 1. The minimum absolute atomic E-state index is 0.163. The molecule has 1 amide bonds. The number of sulfonamides is 1. The van der Waals surface area contributed by atoms with E-state index in [1.54, 1.807) is 11.7 Å². The van der Waals surface area contributed by atoms with Gasteiger partial charge >= 0.3 is 6.09 Å². The summed E-state index contributed by atoms with van der Waals surface area (Å²) in [5, 5.41) is 6.07. The van der Waals surface area contributed by atoms with Crippen molar-refractivity contribution in [3.05, 3.63) is 46.7 Å². The van der Waals surface area contributed by atoms with Gasteiger partial charge in [-0.2, -0.15) is 5.10 Å². The maximum Gasteiger partial charge on any atom is 0.420 e. The van der Waals surface area contributed by atoms with Crippen molar-refractivity contribution in [2.24, 2.45) is 7.05 Å². The van der Waals surface area contributed by atoms with Gasteiger partial charge in [-0.25, -0.2) is 17.9 Å². The molecule has 0 saturated heterocycles. The molecule has 8 nitrogen and oxygen atoms in total. The number of benzene rings is 1. The van der Waals surface area contributed by atoms with E-state index in [0.717, 1.165) is 28.0 Å². The molecule has 0 bridgehead atoms. The van der Waals surface area contributed by atoms with Crippen LogP contribution in [0.15, 0.2) is 30.5 Å². The van der Waals surface area contributed by atoms with Crippen LogP contribution >= 0.6 is 11.6 Å².